The third kappa shape index (κ3) is 4.55. The predicted molar refractivity (Wildman–Crippen MR) is 114 cm³/mol. The number of nitrogens with zero attached hydrogens (tertiary/aromatic N) is 3. The van der Waals surface area contributed by atoms with E-state index in [0.29, 0.717) is 23.1 Å². The second kappa shape index (κ2) is 8.46. The molecule has 3 aromatic rings. The Hall–Kier alpha value is -3.52. The number of aliphatic hydroxyl groups is 1. The van der Waals surface area contributed by atoms with Gasteiger partial charge in [0, 0.05) is 35.0 Å². The quantitative estimate of drug-likeness (QED) is 0.552. The van der Waals surface area contributed by atoms with Crippen LogP contribution < -0.4 is 15.8 Å². The van der Waals surface area contributed by atoms with Gasteiger partial charge in [-0.25, -0.2) is 9.97 Å². The Bertz CT molecular complexity index is 1080. The molecule has 154 valence electrons. The summed E-state index contributed by atoms with van der Waals surface area (Å²) in [7, 11) is 0. The summed E-state index contributed by atoms with van der Waals surface area (Å²) >= 11 is 0. The molecule has 0 unspecified atom stereocenters. The van der Waals surface area contributed by atoms with E-state index >= 15 is 0 Å². The lowest BCUT2D eigenvalue weighted by Crippen LogP contribution is -2.14. The molecule has 0 spiro atoms. The minimum Gasteiger partial charge on any atom is -0.475 e. The number of nitrogens with one attached hydrogen (secondary N) is 1. The zero-order chi connectivity index (χ0) is 21.1. The molecule has 0 saturated heterocycles. The lowest BCUT2D eigenvalue weighted by atomic mass is 10.0. The molecule has 1 saturated carbocycles. The van der Waals surface area contributed by atoms with Crippen LogP contribution in [0.15, 0.2) is 42.7 Å². The van der Waals surface area contributed by atoms with E-state index < -0.39 is 0 Å². The number of aromatic nitrogens is 3. The van der Waals surface area contributed by atoms with E-state index in [1.54, 1.807) is 24.5 Å². The van der Waals surface area contributed by atoms with Crippen molar-refractivity contribution < 1.29 is 14.6 Å². The minimum absolute atomic E-state index is 0.00483. The number of ether oxygens (including phenoxy) is 1. The summed E-state index contributed by atoms with van der Waals surface area (Å²) in [5, 5.41) is 12.0. The van der Waals surface area contributed by atoms with E-state index in [4.69, 9.17) is 15.6 Å². The molecular formula is C22H23N5O3. The van der Waals surface area contributed by atoms with Crippen molar-refractivity contribution in [2.45, 2.75) is 19.8 Å². The van der Waals surface area contributed by atoms with Crippen molar-refractivity contribution in [3.8, 4) is 28.3 Å². The molecule has 3 heterocycles. The van der Waals surface area contributed by atoms with E-state index in [9.17, 15) is 4.79 Å². The Morgan fingerprint density at radius 2 is 2.07 bits per heavy atom. The molecule has 0 radical (unpaired) electrons. The second-order valence-corrected chi connectivity index (χ2v) is 7.25. The number of hydrogen-bond donors (Lipinski definition) is 3. The number of nitrogen functional groups attached to an aromatic ring is 1. The van der Waals surface area contributed by atoms with Crippen LogP contribution in [0.2, 0.25) is 0 Å². The van der Waals surface area contributed by atoms with Gasteiger partial charge in [-0.1, -0.05) is 0 Å². The Kier molecular flexibility index (Phi) is 5.58. The molecule has 0 bridgehead atoms. The van der Waals surface area contributed by atoms with Crippen LogP contribution in [0.25, 0.3) is 22.4 Å². The van der Waals surface area contributed by atoms with Crippen molar-refractivity contribution in [1.29, 1.82) is 0 Å². The molecule has 1 aliphatic carbocycles. The standard InChI is InChI=1S/C22H23N5O3/c1-13-18(11-17(23)12-25-13)16-8-19(26-21(10-16)30-7-6-28)15-4-5-24-20(9-15)27-22(29)14-2-3-14/h4-5,8-12,14,28H,2-3,6-7,23H2,1H3,(H,24,27,29). The van der Waals surface area contributed by atoms with Gasteiger partial charge in [-0.05, 0) is 49.6 Å². The largest absolute Gasteiger partial charge is 0.475 e. The summed E-state index contributed by atoms with van der Waals surface area (Å²) in [6.07, 6.45) is 5.10. The van der Waals surface area contributed by atoms with E-state index in [2.05, 4.69) is 20.3 Å². The van der Waals surface area contributed by atoms with Gasteiger partial charge in [0.15, 0.2) is 0 Å². The SMILES string of the molecule is Cc1ncc(N)cc1-c1cc(OCCO)nc(-c2ccnc(NC(=O)C3CC3)c2)c1. The average molecular weight is 405 g/mol. The Morgan fingerprint density at radius 1 is 1.23 bits per heavy atom. The minimum atomic E-state index is -0.118. The van der Waals surface area contributed by atoms with E-state index in [-0.39, 0.29) is 25.0 Å². The third-order valence-corrected chi connectivity index (χ3v) is 4.82. The van der Waals surface area contributed by atoms with E-state index in [1.165, 1.54) is 0 Å². The van der Waals surface area contributed by atoms with E-state index in [0.717, 1.165) is 35.2 Å². The molecule has 1 fully saturated rings. The number of amides is 1. The molecule has 1 amide bonds. The molecule has 0 aromatic carbocycles. The maximum atomic E-state index is 12.1. The molecule has 30 heavy (non-hydrogen) atoms. The van der Waals surface area contributed by atoms with Gasteiger partial charge in [-0.3, -0.25) is 9.78 Å². The number of pyridine rings is 3. The van der Waals surface area contributed by atoms with Gasteiger partial charge < -0.3 is 20.9 Å². The van der Waals surface area contributed by atoms with Crippen molar-refractivity contribution in [2.24, 2.45) is 5.92 Å². The summed E-state index contributed by atoms with van der Waals surface area (Å²) in [5.74, 6) is 0.944. The molecule has 4 rings (SSSR count). The highest BCUT2D eigenvalue weighted by Crippen LogP contribution is 2.32. The van der Waals surface area contributed by atoms with Crippen molar-refractivity contribution in [3.63, 3.8) is 0 Å². The summed E-state index contributed by atoms with van der Waals surface area (Å²) in [6, 6.07) is 9.16. The number of hydrogen-bond acceptors (Lipinski definition) is 7. The van der Waals surface area contributed by atoms with Gasteiger partial charge in [0.1, 0.15) is 12.4 Å². The van der Waals surface area contributed by atoms with Crippen molar-refractivity contribution in [3.05, 3.63) is 48.4 Å². The van der Waals surface area contributed by atoms with Gasteiger partial charge >= 0.3 is 0 Å². The maximum Gasteiger partial charge on any atom is 0.228 e. The van der Waals surface area contributed by atoms with Crippen LogP contribution >= 0.6 is 0 Å². The highest BCUT2D eigenvalue weighted by Gasteiger charge is 2.29. The van der Waals surface area contributed by atoms with Crippen molar-refractivity contribution in [1.82, 2.24) is 15.0 Å². The molecule has 4 N–H and O–H groups in total. The zero-order valence-electron chi connectivity index (χ0n) is 16.6. The number of aryl methyl sites for hydroxylation is 1. The van der Waals surface area contributed by atoms with E-state index in [1.807, 2.05) is 25.1 Å². The first-order chi connectivity index (χ1) is 14.5. The molecule has 3 aromatic heterocycles. The van der Waals surface area contributed by atoms with Crippen LogP contribution in [0.4, 0.5) is 11.5 Å². The fourth-order valence-corrected chi connectivity index (χ4v) is 3.11. The molecule has 0 aliphatic heterocycles. The number of nitrogens with two attached hydrogens (primary N) is 1. The number of carbonyl (C=O) groups is 1. The normalized spacial score (nSPS) is 13.1. The first kappa shape index (κ1) is 19.8. The topological polar surface area (TPSA) is 123 Å². The molecule has 0 atom stereocenters. The first-order valence-corrected chi connectivity index (χ1v) is 9.79. The molecule has 1 aliphatic rings. The summed E-state index contributed by atoms with van der Waals surface area (Å²) < 4.78 is 5.59. The van der Waals surface area contributed by atoms with Gasteiger partial charge in [-0.2, -0.15) is 0 Å². The Balaban J connectivity index is 1.73. The fraction of sp³-hybridized carbons (Fsp3) is 0.273. The third-order valence-electron chi connectivity index (χ3n) is 4.82. The second-order valence-electron chi connectivity index (χ2n) is 7.25. The first-order valence-electron chi connectivity index (χ1n) is 9.79. The average Bonchev–Trinajstić information content (AvgIpc) is 3.59. The van der Waals surface area contributed by atoms with Gasteiger partial charge in [-0.15, -0.1) is 0 Å². The Labute approximate surface area is 174 Å². The number of aliphatic hydroxyl groups excluding tert-OH is 1. The monoisotopic (exact) mass is 405 g/mol. The highest BCUT2D eigenvalue weighted by molar-refractivity contribution is 5.93. The Morgan fingerprint density at radius 3 is 2.83 bits per heavy atom. The smallest absolute Gasteiger partial charge is 0.228 e. The summed E-state index contributed by atoms with van der Waals surface area (Å²) in [4.78, 5) is 25.2. The van der Waals surface area contributed by atoms with Gasteiger partial charge in [0.2, 0.25) is 11.8 Å². The zero-order valence-corrected chi connectivity index (χ0v) is 16.6. The maximum absolute atomic E-state index is 12.1. The van der Waals surface area contributed by atoms with Crippen molar-refractivity contribution >= 4 is 17.4 Å². The highest BCUT2D eigenvalue weighted by atomic mass is 16.5. The van der Waals surface area contributed by atoms with Crippen LogP contribution in [0, 0.1) is 12.8 Å². The van der Waals surface area contributed by atoms with Gasteiger partial charge in [0.05, 0.1) is 24.2 Å². The van der Waals surface area contributed by atoms with Crippen LogP contribution in [0.3, 0.4) is 0 Å². The summed E-state index contributed by atoms with van der Waals surface area (Å²) in [6.45, 7) is 1.91. The number of carbonyl (C=O) groups excluding carboxylic acids is 1. The van der Waals surface area contributed by atoms with Crippen LogP contribution in [-0.2, 0) is 4.79 Å². The van der Waals surface area contributed by atoms with Gasteiger partial charge in [0.25, 0.3) is 0 Å². The predicted octanol–water partition coefficient (Wildman–Crippen LogP) is 2.82. The fourth-order valence-electron chi connectivity index (χ4n) is 3.11. The molecule has 8 heteroatoms. The van der Waals surface area contributed by atoms with Crippen LogP contribution in [-0.4, -0.2) is 39.2 Å². The number of rotatable bonds is 7. The van der Waals surface area contributed by atoms with Crippen LogP contribution in [0.1, 0.15) is 18.5 Å². The van der Waals surface area contributed by atoms with Crippen molar-refractivity contribution in [2.75, 3.05) is 24.3 Å². The molecule has 8 nitrogen and oxygen atoms in total. The van der Waals surface area contributed by atoms with Crippen LogP contribution in [0.5, 0.6) is 5.88 Å². The summed E-state index contributed by atoms with van der Waals surface area (Å²) in [5.41, 5.74) is 10.4. The lowest BCUT2D eigenvalue weighted by Gasteiger charge is -2.12. The molecular weight excluding hydrogens is 382 g/mol. The lowest BCUT2D eigenvalue weighted by molar-refractivity contribution is -0.117. The number of anilines is 2.